The lowest BCUT2D eigenvalue weighted by Gasteiger charge is -2.25. The number of unbranched alkanes of at least 4 members (excludes halogenated alkanes) is 3. The highest BCUT2D eigenvalue weighted by atomic mass is 28.4. The summed E-state index contributed by atoms with van der Waals surface area (Å²) in [5, 5.41) is 0. The van der Waals surface area contributed by atoms with Gasteiger partial charge < -0.3 is 8.85 Å². The molecule has 0 aromatic heterocycles. The number of benzene rings is 1. The molecule has 19 heavy (non-hydrogen) atoms. The van der Waals surface area contributed by atoms with Crippen molar-refractivity contribution in [2.24, 2.45) is 0 Å². The minimum absolute atomic E-state index is 0.823. The summed E-state index contributed by atoms with van der Waals surface area (Å²) in [7, 11) is -2.06. The van der Waals surface area contributed by atoms with Crippen molar-refractivity contribution in [1.29, 1.82) is 0 Å². The molecule has 0 saturated heterocycles. The van der Waals surface area contributed by atoms with Crippen molar-refractivity contribution in [2.75, 3.05) is 6.61 Å². The Bertz CT molecular complexity index is 388. The molecule has 108 valence electrons. The highest BCUT2D eigenvalue weighted by molar-refractivity contribution is 6.65. The Morgan fingerprint density at radius 2 is 1.79 bits per heavy atom. The summed E-state index contributed by atoms with van der Waals surface area (Å²) in [6, 6.07) is 6.32. The molecule has 0 unspecified atom stereocenters. The third kappa shape index (κ3) is 6.26. The molecule has 2 nitrogen and oxygen atoms in total. The van der Waals surface area contributed by atoms with E-state index in [4.69, 9.17) is 8.85 Å². The fourth-order valence-electron chi connectivity index (χ4n) is 1.96. The first-order valence-electron chi connectivity index (χ1n) is 7.35. The first kappa shape index (κ1) is 16.3. The van der Waals surface area contributed by atoms with Gasteiger partial charge in [-0.2, -0.15) is 0 Å². The van der Waals surface area contributed by atoms with Crippen LogP contribution in [0.25, 0.3) is 0 Å². The van der Waals surface area contributed by atoms with Gasteiger partial charge >= 0.3 is 8.56 Å². The molecule has 0 aliphatic carbocycles. The number of aryl methyl sites for hydroxylation is 2. The van der Waals surface area contributed by atoms with Crippen LogP contribution in [0.15, 0.2) is 18.2 Å². The molecule has 0 aliphatic heterocycles. The molecule has 0 amide bonds. The molecule has 1 rings (SSSR count). The average Bonchev–Trinajstić information content (AvgIpc) is 2.33. The van der Waals surface area contributed by atoms with E-state index in [1.165, 1.54) is 30.4 Å². The minimum Gasteiger partial charge on any atom is -0.520 e. The number of rotatable bonds is 8. The van der Waals surface area contributed by atoms with E-state index in [1.807, 2.05) is 0 Å². The van der Waals surface area contributed by atoms with Crippen molar-refractivity contribution in [3.8, 4) is 5.75 Å². The quantitative estimate of drug-likeness (QED) is 0.494. The predicted molar refractivity (Wildman–Crippen MR) is 84.1 cm³/mol. The summed E-state index contributed by atoms with van der Waals surface area (Å²) in [6.45, 7) is 11.5. The van der Waals surface area contributed by atoms with Gasteiger partial charge in [-0.1, -0.05) is 38.3 Å². The Balaban J connectivity index is 2.46. The van der Waals surface area contributed by atoms with Gasteiger partial charge in [-0.05, 0) is 50.6 Å². The fraction of sp³-hybridized carbons (Fsp3) is 0.625. The van der Waals surface area contributed by atoms with Crippen LogP contribution in [-0.2, 0) is 4.43 Å². The molecule has 0 bridgehead atoms. The lowest BCUT2D eigenvalue weighted by molar-refractivity contribution is 0.240. The summed E-state index contributed by atoms with van der Waals surface area (Å²) in [6.07, 6.45) is 4.95. The van der Waals surface area contributed by atoms with Crippen LogP contribution in [0.4, 0.5) is 0 Å². The second-order valence-electron chi connectivity index (χ2n) is 5.68. The third-order valence-electron chi connectivity index (χ3n) is 3.15. The van der Waals surface area contributed by atoms with Gasteiger partial charge in [0.25, 0.3) is 0 Å². The first-order chi connectivity index (χ1) is 8.94. The van der Waals surface area contributed by atoms with Crippen molar-refractivity contribution >= 4 is 8.56 Å². The van der Waals surface area contributed by atoms with E-state index < -0.39 is 8.56 Å². The highest BCUT2D eigenvalue weighted by Gasteiger charge is 2.27. The Kier molecular flexibility index (Phi) is 6.59. The Morgan fingerprint density at radius 3 is 2.47 bits per heavy atom. The largest absolute Gasteiger partial charge is 0.520 e. The lowest BCUT2D eigenvalue weighted by atomic mass is 10.1. The zero-order valence-corrected chi connectivity index (χ0v) is 14.1. The van der Waals surface area contributed by atoms with Crippen molar-refractivity contribution in [3.63, 3.8) is 0 Å². The summed E-state index contributed by atoms with van der Waals surface area (Å²) in [5.41, 5.74) is 2.41. The fourth-order valence-corrected chi connectivity index (χ4v) is 3.40. The predicted octanol–water partition coefficient (Wildman–Crippen LogP) is 4.98. The molecule has 1 aromatic rings. The summed E-state index contributed by atoms with van der Waals surface area (Å²) in [4.78, 5) is 0. The van der Waals surface area contributed by atoms with Gasteiger partial charge in [0.15, 0.2) is 0 Å². The Labute approximate surface area is 119 Å². The van der Waals surface area contributed by atoms with Crippen LogP contribution in [-0.4, -0.2) is 15.2 Å². The third-order valence-corrected chi connectivity index (χ3v) is 4.76. The molecule has 0 aliphatic rings. The summed E-state index contributed by atoms with van der Waals surface area (Å²) >= 11 is 0. The van der Waals surface area contributed by atoms with E-state index in [9.17, 15) is 0 Å². The summed E-state index contributed by atoms with van der Waals surface area (Å²) < 4.78 is 12.1. The van der Waals surface area contributed by atoms with Gasteiger partial charge in [0.1, 0.15) is 5.75 Å². The molecular formula is C16H28O2Si. The molecule has 3 heteroatoms. The average molecular weight is 280 g/mol. The van der Waals surface area contributed by atoms with Gasteiger partial charge in [-0.25, -0.2) is 0 Å². The van der Waals surface area contributed by atoms with E-state index >= 15 is 0 Å². The monoisotopic (exact) mass is 280 g/mol. The van der Waals surface area contributed by atoms with Crippen molar-refractivity contribution in [2.45, 2.75) is 59.5 Å². The van der Waals surface area contributed by atoms with E-state index in [-0.39, 0.29) is 0 Å². The zero-order valence-electron chi connectivity index (χ0n) is 13.1. The Hall–Kier alpha value is -0.803. The second kappa shape index (κ2) is 7.71. The van der Waals surface area contributed by atoms with Crippen LogP contribution < -0.4 is 4.43 Å². The van der Waals surface area contributed by atoms with E-state index in [0.29, 0.717) is 0 Å². The smallest absolute Gasteiger partial charge is 0.392 e. The van der Waals surface area contributed by atoms with Gasteiger partial charge in [-0.15, -0.1) is 0 Å². The van der Waals surface area contributed by atoms with Crippen molar-refractivity contribution < 1.29 is 8.85 Å². The maximum absolute atomic E-state index is 6.14. The maximum Gasteiger partial charge on any atom is 0.392 e. The topological polar surface area (TPSA) is 18.5 Å². The molecule has 0 saturated carbocycles. The molecule has 0 N–H and O–H groups in total. The highest BCUT2D eigenvalue weighted by Crippen LogP contribution is 2.23. The molecule has 0 spiro atoms. The normalized spacial score (nSPS) is 11.6. The van der Waals surface area contributed by atoms with Crippen LogP contribution in [0.2, 0.25) is 13.1 Å². The molecular weight excluding hydrogens is 252 g/mol. The first-order valence-corrected chi connectivity index (χ1v) is 10.2. The number of hydrogen-bond donors (Lipinski definition) is 0. The van der Waals surface area contributed by atoms with E-state index in [1.54, 1.807) is 0 Å². The standard InChI is InChI=1S/C16H28O2Si/c1-6-7-8-9-12-17-19(4,5)18-16-13-14(2)10-11-15(16)3/h10-11,13H,6-9,12H2,1-5H3. The van der Waals surface area contributed by atoms with Gasteiger partial charge in [0.05, 0.1) is 0 Å². The van der Waals surface area contributed by atoms with Gasteiger partial charge in [0, 0.05) is 6.61 Å². The number of hydrogen-bond acceptors (Lipinski definition) is 2. The second-order valence-corrected chi connectivity index (χ2v) is 8.97. The van der Waals surface area contributed by atoms with Gasteiger partial charge in [0.2, 0.25) is 0 Å². The van der Waals surface area contributed by atoms with Crippen LogP contribution in [0.1, 0.15) is 43.7 Å². The van der Waals surface area contributed by atoms with Crippen LogP contribution in [0.3, 0.4) is 0 Å². The van der Waals surface area contributed by atoms with Crippen LogP contribution in [0.5, 0.6) is 5.75 Å². The lowest BCUT2D eigenvalue weighted by Crippen LogP contribution is -2.38. The molecule has 0 fully saturated rings. The molecule has 0 heterocycles. The zero-order chi connectivity index (χ0) is 14.3. The molecule has 0 atom stereocenters. The van der Waals surface area contributed by atoms with Crippen molar-refractivity contribution in [1.82, 2.24) is 0 Å². The van der Waals surface area contributed by atoms with E-state index in [2.05, 4.69) is 52.1 Å². The summed E-state index contributed by atoms with van der Waals surface area (Å²) in [5.74, 6) is 0.977. The van der Waals surface area contributed by atoms with Crippen LogP contribution >= 0.6 is 0 Å². The molecule has 0 radical (unpaired) electrons. The molecule has 1 aromatic carbocycles. The van der Waals surface area contributed by atoms with Crippen LogP contribution in [0, 0.1) is 13.8 Å². The SMILES string of the molecule is CCCCCCO[Si](C)(C)Oc1cc(C)ccc1C. The Morgan fingerprint density at radius 1 is 1.05 bits per heavy atom. The van der Waals surface area contributed by atoms with E-state index in [0.717, 1.165) is 18.8 Å². The van der Waals surface area contributed by atoms with Gasteiger partial charge in [-0.3, -0.25) is 0 Å². The maximum atomic E-state index is 6.14. The van der Waals surface area contributed by atoms with Crippen molar-refractivity contribution in [3.05, 3.63) is 29.3 Å². The minimum atomic E-state index is -2.06.